The maximum Gasteiger partial charge on any atom is 0.389 e. The number of rotatable bonds is 4. The summed E-state index contributed by atoms with van der Waals surface area (Å²) in [4.78, 5) is 12.1. The predicted molar refractivity (Wildman–Crippen MR) is 86.6 cm³/mol. The Bertz CT molecular complexity index is 505. The summed E-state index contributed by atoms with van der Waals surface area (Å²) in [5, 5.41) is 2.82. The number of hydrogen-bond acceptors (Lipinski definition) is 2. The average molecular weight is 351 g/mol. The molecule has 130 valence electrons. The number of nitrogens with one attached hydrogen (secondary N) is 1. The standard InChI is InChI=1S/C16H21F3N2O.ClH/c17-16(18,19)9-8-11-4-6-14(7-5-11)21-15(22)12-2-1-3-13(20)10-12;/h4-7,12-13H,1-3,8-10,20H2,(H,21,22);1H. The van der Waals surface area contributed by atoms with Crippen LogP contribution in [0.4, 0.5) is 18.9 Å². The van der Waals surface area contributed by atoms with Gasteiger partial charge in [0.25, 0.3) is 0 Å². The molecule has 2 unspecified atom stereocenters. The van der Waals surface area contributed by atoms with Crippen LogP contribution < -0.4 is 11.1 Å². The fourth-order valence-corrected chi connectivity index (χ4v) is 2.75. The largest absolute Gasteiger partial charge is 0.389 e. The molecular formula is C16H22ClF3N2O. The smallest absolute Gasteiger partial charge is 0.328 e. The van der Waals surface area contributed by atoms with Crippen LogP contribution in [-0.4, -0.2) is 18.1 Å². The van der Waals surface area contributed by atoms with Crippen molar-refractivity contribution in [1.82, 2.24) is 0 Å². The molecule has 0 heterocycles. The van der Waals surface area contributed by atoms with E-state index in [1.165, 1.54) is 0 Å². The van der Waals surface area contributed by atoms with Crippen molar-refractivity contribution in [2.24, 2.45) is 11.7 Å². The van der Waals surface area contributed by atoms with Crippen LogP contribution in [0.3, 0.4) is 0 Å². The number of carbonyl (C=O) groups is 1. The number of amides is 1. The van der Waals surface area contributed by atoms with E-state index in [0.29, 0.717) is 17.7 Å². The minimum absolute atomic E-state index is 0. The van der Waals surface area contributed by atoms with Gasteiger partial charge < -0.3 is 11.1 Å². The Morgan fingerprint density at radius 3 is 2.43 bits per heavy atom. The van der Waals surface area contributed by atoms with E-state index in [1.807, 2.05) is 0 Å². The number of carbonyl (C=O) groups excluding carboxylic acids is 1. The molecule has 1 fully saturated rings. The van der Waals surface area contributed by atoms with E-state index in [4.69, 9.17) is 5.73 Å². The molecule has 0 aliphatic heterocycles. The van der Waals surface area contributed by atoms with Crippen molar-refractivity contribution in [3.8, 4) is 0 Å². The van der Waals surface area contributed by atoms with Gasteiger partial charge in [0.1, 0.15) is 0 Å². The van der Waals surface area contributed by atoms with E-state index >= 15 is 0 Å². The van der Waals surface area contributed by atoms with E-state index in [0.717, 1.165) is 19.3 Å². The van der Waals surface area contributed by atoms with Gasteiger partial charge in [-0.1, -0.05) is 18.6 Å². The quantitative estimate of drug-likeness (QED) is 0.860. The fraction of sp³-hybridized carbons (Fsp3) is 0.562. The Balaban J connectivity index is 0.00000264. The van der Waals surface area contributed by atoms with Gasteiger partial charge in [-0.05, 0) is 43.4 Å². The number of hydrogen-bond donors (Lipinski definition) is 2. The van der Waals surface area contributed by atoms with Gasteiger partial charge in [0.15, 0.2) is 0 Å². The molecule has 0 aromatic heterocycles. The number of aryl methyl sites for hydroxylation is 1. The van der Waals surface area contributed by atoms with Crippen LogP contribution >= 0.6 is 12.4 Å². The van der Waals surface area contributed by atoms with E-state index in [2.05, 4.69) is 5.32 Å². The normalized spacial score (nSPS) is 21.4. The van der Waals surface area contributed by atoms with Crippen LogP contribution in [0.15, 0.2) is 24.3 Å². The van der Waals surface area contributed by atoms with Crippen LogP contribution in [-0.2, 0) is 11.2 Å². The molecule has 0 spiro atoms. The van der Waals surface area contributed by atoms with Crippen molar-refractivity contribution in [3.05, 3.63) is 29.8 Å². The third-order valence-corrected chi connectivity index (χ3v) is 4.00. The Labute approximate surface area is 140 Å². The first-order valence-electron chi connectivity index (χ1n) is 7.55. The summed E-state index contributed by atoms with van der Waals surface area (Å²) in [6, 6.07) is 6.61. The summed E-state index contributed by atoms with van der Waals surface area (Å²) in [6.45, 7) is 0. The summed E-state index contributed by atoms with van der Waals surface area (Å²) in [6.07, 6.45) is -1.59. The Morgan fingerprint density at radius 2 is 1.87 bits per heavy atom. The molecule has 2 atom stereocenters. The molecule has 0 saturated heterocycles. The molecule has 0 radical (unpaired) electrons. The SMILES string of the molecule is Cl.NC1CCCC(C(=O)Nc2ccc(CCC(F)(F)F)cc2)C1. The summed E-state index contributed by atoms with van der Waals surface area (Å²) in [7, 11) is 0. The fourth-order valence-electron chi connectivity index (χ4n) is 2.75. The van der Waals surface area contributed by atoms with Crippen molar-refractivity contribution < 1.29 is 18.0 Å². The number of nitrogens with two attached hydrogens (primary N) is 1. The minimum Gasteiger partial charge on any atom is -0.328 e. The highest BCUT2D eigenvalue weighted by Gasteiger charge is 2.27. The van der Waals surface area contributed by atoms with Gasteiger partial charge in [-0.15, -0.1) is 12.4 Å². The molecule has 0 bridgehead atoms. The summed E-state index contributed by atoms with van der Waals surface area (Å²) in [5.74, 6) is -0.133. The Morgan fingerprint density at radius 1 is 1.22 bits per heavy atom. The molecular weight excluding hydrogens is 329 g/mol. The van der Waals surface area contributed by atoms with Gasteiger partial charge >= 0.3 is 6.18 Å². The van der Waals surface area contributed by atoms with Gasteiger partial charge in [0, 0.05) is 24.1 Å². The van der Waals surface area contributed by atoms with Gasteiger partial charge in [-0.3, -0.25) is 4.79 Å². The minimum atomic E-state index is -4.15. The number of benzene rings is 1. The second-order valence-corrected chi connectivity index (χ2v) is 5.92. The highest BCUT2D eigenvalue weighted by Crippen LogP contribution is 2.25. The highest BCUT2D eigenvalue weighted by atomic mass is 35.5. The summed E-state index contributed by atoms with van der Waals surface area (Å²) in [5.41, 5.74) is 7.09. The first-order chi connectivity index (χ1) is 10.3. The summed E-state index contributed by atoms with van der Waals surface area (Å²) >= 11 is 0. The van der Waals surface area contributed by atoms with Crippen LogP contribution in [0.5, 0.6) is 0 Å². The third-order valence-electron chi connectivity index (χ3n) is 4.00. The van der Waals surface area contributed by atoms with Crippen molar-refractivity contribution >= 4 is 24.0 Å². The average Bonchev–Trinajstić information content (AvgIpc) is 2.46. The lowest BCUT2D eigenvalue weighted by Crippen LogP contribution is -2.34. The molecule has 3 nitrogen and oxygen atoms in total. The molecule has 3 N–H and O–H groups in total. The number of alkyl halides is 3. The molecule has 1 aromatic carbocycles. The van der Waals surface area contributed by atoms with Gasteiger partial charge in [-0.2, -0.15) is 13.2 Å². The summed E-state index contributed by atoms with van der Waals surface area (Å²) < 4.78 is 36.5. The molecule has 2 rings (SSSR count). The number of halogens is 4. The number of anilines is 1. The zero-order valence-corrected chi connectivity index (χ0v) is 13.6. The lowest BCUT2D eigenvalue weighted by Gasteiger charge is -2.25. The van der Waals surface area contributed by atoms with Crippen LogP contribution in [0.1, 0.15) is 37.7 Å². The molecule has 1 aliphatic rings. The van der Waals surface area contributed by atoms with E-state index < -0.39 is 12.6 Å². The first-order valence-corrected chi connectivity index (χ1v) is 7.55. The van der Waals surface area contributed by atoms with Crippen LogP contribution in [0.2, 0.25) is 0 Å². The third kappa shape index (κ3) is 6.79. The van der Waals surface area contributed by atoms with Crippen LogP contribution in [0.25, 0.3) is 0 Å². The maximum atomic E-state index is 12.2. The molecule has 1 aliphatic carbocycles. The highest BCUT2D eigenvalue weighted by molar-refractivity contribution is 5.92. The Hall–Kier alpha value is -1.27. The van der Waals surface area contributed by atoms with E-state index in [1.54, 1.807) is 24.3 Å². The zero-order valence-electron chi connectivity index (χ0n) is 12.7. The van der Waals surface area contributed by atoms with Crippen molar-refractivity contribution in [2.45, 2.75) is 50.7 Å². The predicted octanol–water partition coefficient (Wildman–Crippen LogP) is 4.06. The molecule has 1 amide bonds. The van der Waals surface area contributed by atoms with Crippen molar-refractivity contribution in [2.75, 3.05) is 5.32 Å². The zero-order chi connectivity index (χ0) is 16.2. The van der Waals surface area contributed by atoms with Gasteiger partial charge in [-0.25, -0.2) is 0 Å². The first kappa shape index (κ1) is 19.8. The topological polar surface area (TPSA) is 55.1 Å². The van der Waals surface area contributed by atoms with Crippen molar-refractivity contribution in [1.29, 1.82) is 0 Å². The van der Waals surface area contributed by atoms with Gasteiger partial charge in [0.2, 0.25) is 5.91 Å². The maximum absolute atomic E-state index is 12.2. The monoisotopic (exact) mass is 350 g/mol. The van der Waals surface area contributed by atoms with E-state index in [-0.39, 0.29) is 36.7 Å². The molecule has 1 aromatic rings. The lowest BCUT2D eigenvalue weighted by molar-refractivity contribution is -0.134. The molecule has 23 heavy (non-hydrogen) atoms. The second kappa shape index (κ2) is 8.55. The molecule has 7 heteroatoms. The van der Waals surface area contributed by atoms with Gasteiger partial charge in [0.05, 0.1) is 0 Å². The molecule has 1 saturated carbocycles. The van der Waals surface area contributed by atoms with Crippen LogP contribution in [0, 0.1) is 5.92 Å². The Kier molecular flexibility index (Phi) is 7.35. The lowest BCUT2D eigenvalue weighted by atomic mass is 9.85. The van der Waals surface area contributed by atoms with Crippen molar-refractivity contribution in [3.63, 3.8) is 0 Å². The van der Waals surface area contributed by atoms with E-state index in [9.17, 15) is 18.0 Å². The second-order valence-electron chi connectivity index (χ2n) is 5.92.